The van der Waals surface area contributed by atoms with Gasteiger partial charge in [0.15, 0.2) is 0 Å². The maximum Gasteiger partial charge on any atom is 0.0517 e. The molecule has 1 aromatic rings. The summed E-state index contributed by atoms with van der Waals surface area (Å²) in [5.74, 6) is 1.66. The largest absolute Gasteiger partial charge is 0.260 e. The third-order valence-electron chi connectivity index (χ3n) is 5.47. The molecule has 2 bridgehead atoms. The summed E-state index contributed by atoms with van der Waals surface area (Å²) in [7, 11) is 0. The van der Waals surface area contributed by atoms with Gasteiger partial charge in [0.2, 0.25) is 0 Å². The van der Waals surface area contributed by atoms with E-state index in [9.17, 15) is 0 Å². The molecule has 2 saturated carbocycles. The summed E-state index contributed by atoms with van der Waals surface area (Å²) in [6.07, 6.45) is 10.3. The molecule has 0 N–H and O–H groups in total. The van der Waals surface area contributed by atoms with Gasteiger partial charge in [0.1, 0.15) is 0 Å². The smallest absolute Gasteiger partial charge is 0.0517 e. The van der Waals surface area contributed by atoms with E-state index in [1.54, 1.807) is 0 Å². The van der Waals surface area contributed by atoms with Crippen molar-refractivity contribution in [2.24, 2.45) is 11.3 Å². The molecule has 4 rings (SSSR count). The van der Waals surface area contributed by atoms with Crippen LogP contribution in [-0.4, -0.2) is 4.98 Å². The van der Waals surface area contributed by atoms with Gasteiger partial charge >= 0.3 is 0 Å². The SMILES string of the molecule is C=C1CC23CCCC(CC2)C3c2ncccc21. The molecule has 3 aliphatic carbocycles. The van der Waals surface area contributed by atoms with Crippen LogP contribution in [0.4, 0.5) is 0 Å². The lowest BCUT2D eigenvalue weighted by Gasteiger charge is -2.45. The lowest BCUT2D eigenvalue weighted by molar-refractivity contribution is 0.163. The Morgan fingerprint density at radius 3 is 3.18 bits per heavy atom. The Labute approximate surface area is 103 Å². The lowest BCUT2D eigenvalue weighted by atomic mass is 9.59. The molecule has 0 radical (unpaired) electrons. The number of aromatic nitrogens is 1. The van der Waals surface area contributed by atoms with Crippen LogP contribution in [-0.2, 0) is 0 Å². The maximum absolute atomic E-state index is 4.73. The molecule has 0 saturated heterocycles. The van der Waals surface area contributed by atoms with Gasteiger partial charge < -0.3 is 0 Å². The van der Waals surface area contributed by atoms with Crippen molar-refractivity contribution >= 4 is 5.57 Å². The van der Waals surface area contributed by atoms with Crippen molar-refractivity contribution in [3.8, 4) is 0 Å². The van der Waals surface area contributed by atoms with Crippen LogP contribution in [0, 0.1) is 11.3 Å². The molecule has 0 spiro atoms. The van der Waals surface area contributed by atoms with Gasteiger partial charge in [0, 0.05) is 12.1 Å². The molecule has 2 fully saturated rings. The van der Waals surface area contributed by atoms with Gasteiger partial charge in [-0.1, -0.05) is 19.1 Å². The Hall–Kier alpha value is -1.11. The summed E-state index contributed by atoms with van der Waals surface area (Å²) >= 11 is 0. The predicted molar refractivity (Wildman–Crippen MR) is 69.6 cm³/mol. The van der Waals surface area contributed by atoms with Crippen LogP contribution in [0.15, 0.2) is 24.9 Å². The predicted octanol–water partition coefficient (Wildman–Crippen LogP) is 4.16. The Kier molecular flexibility index (Phi) is 1.87. The zero-order chi connectivity index (χ0) is 11.5. The van der Waals surface area contributed by atoms with Crippen molar-refractivity contribution in [3.63, 3.8) is 0 Å². The van der Waals surface area contributed by atoms with E-state index in [-0.39, 0.29) is 0 Å². The molecule has 17 heavy (non-hydrogen) atoms. The monoisotopic (exact) mass is 225 g/mol. The second kappa shape index (κ2) is 3.22. The normalized spacial score (nSPS) is 38.7. The molecular weight excluding hydrogens is 206 g/mol. The number of pyridine rings is 1. The van der Waals surface area contributed by atoms with Gasteiger partial charge in [0.05, 0.1) is 5.69 Å². The molecule has 1 nitrogen and oxygen atoms in total. The highest BCUT2D eigenvalue weighted by Crippen LogP contribution is 2.65. The van der Waals surface area contributed by atoms with E-state index in [0.29, 0.717) is 5.41 Å². The standard InChI is InChI=1S/C16H19N/c1-11-10-16-7-2-4-12(6-8-16)14(16)15-13(11)5-3-9-17-15/h3,5,9,12,14H,1-2,4,6-8,10H2. The van der Waals surface area contributed by atoms with Crippen molar-refractivity contribution in [1.82, 2.24) is 4.98 Å². The van der Waals surface area contributed by atoms with Crippen LogP contribution in [0.3, 0.4) is 0 Å². The number of hydrogen-bond acceptors (Lipinski definition) is 1. The van der Waals surface area contributed by atoms with Crippen LogP contribution >= 0.6 is 0 Å². The highest BCUT2D eigenvalue weighted by molar-refractivity contribution is 5.69. The summed E-state index contributed by atoms with van der Waals surface area (Å²) < 4.78 is 0. The average molecular weight is 225 g/mol. The number of hydrogen-bond donors (Lipinski definition) is 0. The molecule has 88 valence electrons. The van der Waals surface area contributed by atoms with E-state index in [0.717, 1.165) is 11.8 Å². The Bertz CT molecular complexity index is 486. The fourth-order valence-corrected chi connectivity index (χ4v) is 4.89. The van der Waals surface area contributed by atoms with Crippen LogP contribution in [0.25, 0.3) is 5.57 Å². The van der Waals surface area contributed by atoms with Crippen LogP contribution in [0.5, 0.6) is 0 Å². The third kappa shape index (κ3) is 1.17. The number of fused-ring (bicyclic) bond motifs is 1. The van der Waals surface area contributed by atoms with Crippen molar-refractivity contribution in [1.29, 1.82) is 0 Å². The van der Waals surface area contributed by atoms with E-state index in [1.807, 2.05) is 6.20 Å². The zero-order valence-corrected chi connectivity index (χ0v) is 10.3. The second-order valence-electron chi connectivity index (χ2n) is 6.25. The summed E-state index contributed by atoms with van der Waals surface area (Å²) in [4.78, 5) is 4.73. The van der Waals surface area contributed by atoms with Crippen molar-refractivity contribution in [2.45, 2.75) is 44.4 Å². The molecule has 3 atom stereocenters. The Morgan fingerprint density at radius 1 is 1.29 bits per heavy atom. The first kappa shape index (κ1) is 9.87. The maximum atomic E-state index is 4.73. The van der Waals surface area contributed by atoms with Crippen molar-refractivity contribution < 1.29 is 0 Å². The van der Waals surface area contributed by atoms with Crippen LogP contribution in [0.2, 0.25) is 0 Å². The molecule has 0 aromatic carbocycles. The summed E-state index contributed by atoms with van der Waals surface area (Å²) in [5.41, 5.74) is 4.63. The number of allylic oxidation sites excluding steroid dienone is 1. The van der Waals surface area contributed by atoms with Gasteiger partial charge in [-0.3, -0.25) is 4.98 Å². The Balaban J connectivity index is 1.93. The Morgan fingerprint density at radius 2 is 2.24 bits per heavy atom. The lowest BCUT2D eigenvalue weighted by Crippen LogP contribution is -2.35. The second-order valence-corrected chi connectivity index (χ2v) is 6.25. The number of nitrogens with zero attached hydrogens (tertiary/aromatic N) is 1. The van der Waals surface area contributed by atoms with Gasteiger partial charge in [-0.2, -0.15) is 0 Å². The molecule has 3 aliphatic rings. The zero-order valence-electron chi connectivity index (χ0n) is 10.3. The van der Waals surface area contributed by atoms with Crippen LogP contribution < -0.4 is 0 Å². The van der Waals surface area contributed by atoms with E-state index in [2.05, 4.69) is 18.7 Å². The molecule has 0 amide bonds. The first-order chi connectivity index (χ1) is 8.30. The summed E-state index contributed by atoms with van der Waals surface area (Å²) in [6.45, 7) is 4.32. The highest BCUT2D eigenvalue weighted by Gasteiger charge is 2.54. The van der Waals surface area contributed by atoms with E-state index in [1.165, 1.54) is 55.4 Å². The van der Waals surface area contributed by atoms with Gasteiger partial charge in [-0.25, -0.2) is 0 Å². The fraction of sp³-hybridized carbons (Fsp3) is 0.562. The van der Waals surface area contributed by atoms with Crippen molar-refractivity contribution in [2.75, 3.05) is 0 Å². The molecule has 3 unspecified atom stereocenters. The molecule has 1 heterocycles. The van der Waals surface area contributed by atoms with Crippen molar-refractivity contribution in [3.05, 3.63) is 36.2 Å². The molecule has 1 aromatic heterocycles. The fourth-order valence-electron chi connectivity index (χ4n) is 4.89. The van der Waals surface area contributed by atoms with Crippen LogP contribution in [0.1, 0.15) is 55.7 Å². The minimum atomic E-state index is 0.543. The minimum absolute atomic E-state index is 0.543. The molecular formula is C16H19N. The summed E-state index contributed by atoms with van der Waals surface area (Å²) in [5, 5.41) is 0. The topological polar surface area (TPSA) is 12.9 Å². The molecule has 1 heteroatoms. The quantitative estimate of drug-likeness (QED) is 0.646. The minimum Gasteiger partial charge on any atom is -0.260 e. The van der Waals surface area contributed by atoms with Gasteiger partial charge in [0.25, 0.3) is 0 Å². The molecule has 0 aliphatic heterocycles. The van der Waals surface area contributed by atoms with Gasteiger partial charge in [-0.05, 0) is 60.6 Å². The van der Waals surface area contributed by atoms with E-state index < -0.39 is 0 Å². The first-order valence-electron chi connectivity index (χ1n) is 6.93. The van der Waals surface area contributed by atoms with E-state index >= 15 is 0 Å². The highest BCUT2D eigenvalue weighted by atomic mass is 14.7. The third-order valence-corrected chi connectivity index (χ3v) is 5.47. The van der Waals surface area contributed by atoms with Gasteiger partial charge in [-0.15, -0.1) is 0 Å². The summed E-state index contributed by atoms with van der Waals surface area (Å²) in [6, 6.07) is 4.29. The average Bonchev–Trinajstić information content (AvgIpc) is 2.58. The number of rotatable bonds is 0. The van der Waals surface area contributed by atoms with E-state index in [4.69, 9.17) is 4.98 Å². The first-order valence-corrected chi connectivity index (χ1v) is 6.93.